The molecule has 5 rings (SSSR count). The van der Waals surface area contributed by atoms with Crippen LogP contribution in [0.2, 0.25) is 0 Å². The number of primary sulfonamides is 1. The molecule has 0 spiro atoms. The molecular weight excluding hydrogens is 526 g/mol. The molecule has 5 aromatic rings. The van der Waals surface area contributed by atoms with Crippen molar-refractivity contribution in [1.82, 2.24) is 14.6 Å². The number of hydrogen-bond donors (Lipinski definition) is 2. The predicted octanol–water partition coefficient (Wildman–Crippen LogP) is 3.91. The molecule has 0 unspecified atom stereocenters. The molecule has 0 saturated heterocycles. The largest absolute Gasteiger partial charge is 0.422 e. The first-order chi connectivity index (χ1) is 16.2. The minimum atomic E-state index is -3.82. The molecule has 11 nitrogen and oxygen atoms in total. The maximum Gasteiger partial charge on any atom is 0.345 e. The van der Waals surface area contributed by atoms with Gasteiger partial charge in [-0.3, -0.25) is 0 Å². The van der Waals surface area contributed by atoms with Crippen LogP contribution in [-0.2, 0) is 10.0 Å². The lowest BCUT2D eigenvalue weighted by Gasteiger charge is -2.05. The molecule has 0 atom stereocenters. The van der Waals surface area contributed by atoms with Gasteiger partial charge >= 0.3 is 5.63 Å². The summed E-state index contributed by atoms with van der Waals surface area (Å²) in [5.74, 6) is 0.0396. The van der Waals surface area contributed by atoms with Crippen LogP contribution in [0, 0.1) is 0 Å². The van der Waals surface area contributed by atoms with Crippen LogP contribution in [-0.4, -0.2) is 23.0 Å². The van der Waals surface area contributed by atoms with Gasteiger partial charge in [0.05, 0.1) is 21.8 Å². The van der Waals surface area contributed by atoms with Crippen molar-refractivity contribution in [2.75, 3.05) is 5.73 Å². The van der Waals surface area contributed by atoms with Crippen LogP contribution in [0.25, 0.3) is 27.9 Å². The van der Waals surface area contributed by atoms with Crippen LogP contribution in [0.4, 0.5) is 17.2 Å². The number of hydrogen-bond acceptors (Lipinski definition) is 9. The highest BCUT2D eigenvalue weighted by molar-refractivity contribution is 9.10. The Morgan fingerprint density at radius 3 is 2.53 bits per heavy atom. The van der Waals surface area contributed by atoms with Gasteiger partial charge in [0, 0.05) is 16.1 Å². The summed E-state index contributed by atoms with van der Waals surface area (Å²) in [6.45, 7) is 0. The van der Waals surface area contributed by atoms with Crippen molar-refractivity contribution >= 4 is 59.8 Å². The molecule has 34 heavy (non-hydrogen) atoms. The van der Waals surface area contributed by atoms with E-state index in [1.54, 1.807) is 24.3 Å². The van der Waals surface area contributed by atoms with Crippen LogP contribution < -0.4 is 16.5 Å². The summed E-state index contributed by atoms with van der Waals surface area (Å²) >= 11 is 3.41. The molecule has 0 aliphatic carbocycles. The SMILES string of the molecule is Nc1nn2c(-c3cc4cc(Br)ccc4oc3=O)ccnc2c1N=Nc1ccc(S(N)(=O)=O)cc1. The number of rotatable bonds is 4. The third-order valence-electron chi connectivity index (χ3n) is 4.92. The quantitative estimate of drug-likeness (QED) is 0.257. The number of halogens is 1. The Hall–Kier alpha value is -3.94. The number of azo groups is 1. The van der Waals surface area contributed by atoms with Crippen molar-refractivity contribution < 1.29 is 12.8 Å². The molecule has 0 radical (unpaired) electrons. The van der Waals surface area contributed by atoms with Crippen molar-refractivity contribution in [3.63, 3.8) is 0 Å². The van der Waals surface area contributed by atoms with Gasteiger partial charge in [0.2, 0.25) is 10.0 Å². The Balaban J connectivity index is 1.59. The zero-order valence-electron chi connectivity index (χ0n) is 17.1. The number of anilines is 1. The first-order valence-corrected chi connectivity index (χ1v) is 12.0. The number of fused-ring (bicyclic) bond motifs is 2. The van der Waals surface area contributed by atoms with Gasteiger partial charge in [0.1, 0.15) is 5.58 Å². The van der Waals surface area contributed by atoms with Gasteiger partial charge in [-0.15, -0.1) is 10.2 Å². The Labute approximate surface area is 199 Å². The minimum Gasteiger partial charge on any atom is -0.422 e. The van der Waals surface area contributed by atoms with Crippen LogP contribution in [0.15, 0.2) is 89.6 Å². The zero-order valence-corrected chi connectivity index (χ0v) is 19.5. The molecule has 0 fully saturated rings. The Morgan fingerprint density at radius 1 is 1.03 bits per heavy atom. The van der Waals surface area contributed by atoms with Crippen LogP contribution >= 0.6 is 15.9 Å². The molecule has 0 amide bonds. The lowest BCUT2D eigenvalue weighted by atomic mass is 10.1. The molecule has 170 valence electrons. The molecule has 2 aromatic carbocycles. The van der Waals surface area contributed by atoms with Gasteiger partial charge in [-0.2, -0.15) is 5.11 Å². The van der Waals surface area contributed by atoms with Crippen molar-refractivity contribution in [2.45, 2.75) is 4.90 Å². The van der Waals surface area contributed by atoms with E-state index in [2.05, 4.69) is 36.2 Å². The highest BCUT2D eigenvalue weighted by atomic mass is 79.9. The average molecular weight is 540 g/mol. The number of aromatic nitrogens is 3. The van der Waals surface area contributed by atoms with Crippen LogP contribution in [0.5, 0.6) is 0 Å². The maximum atomic E-state index is 12.7. The Kier molecular flexibility index (Phi) is 5.23. The summed E-state index contributed by atoms with van der Waals surface area (Å²) in [7, 11) is -3.82. The van der Waals surface area contributed by atoms with E-state index in [0.29, 0.717) is 17.0 Å². The van der Waals surface area contributed by atoms with Gasteiger partial charge in [-0.1, -0.05) is 15.9 Å². The minimum absolute atomic E-state index is 0.0396. The van der Waals surface area contributed by atoms with Gasteiger partial charge in [-0.05, 0) is 54.6 Å². The first-order valence-electron chi connectivity index (χ1n) is 9.62. The maximum absolute atomic E-state index is 12.7. The van der Waals surface area contributed by atoms with Crippen molar-refractivity contribution in [2.24, 2.45) is 15.4 Å². The number of nitrogens with two attached hydrogens (primary N) is 2. The van der Waals surface area contributed by atoms with E-state index in [-0.39, 0.29) is 27.6 Å². The van der Waals surface area contributed by atoms with Gasteiger partial charge < -0.3 is 10.2 Å². The lowest BCUT2D eigenvalue weighted by Crippen LogP contribution is -2.11. The van der Waals surface area contributed by atoms with Crippen molar-refractivity contribution in [3.05, 3.63) is 75.7 Å². The molecule has 0 aliphatic rings. The van der Waals surface area contributed by atoms with Gasteiger partial charge in [0.25, 0.3) is 0 Å². The fraction of sp³-hybridized carbons (Fsp3) is 0. The molecule has 3 heterocycles. The number of nitrogens with zero attached hydrogens (tertiary/aromatic N) is 5. The molecule has 3 aromatic heterocycles. The number of benzene rings is 2. The van der Waals surface area contributed by atoms with E-state index in [0.717, 1.165) is 9.86 Å². The van der Waals surface area contributed by atoms with Crippen molar-refractivity contribution in [3.8, 4) is 11.3 Å². The Bertz CT molecular complexity index is 1780. The topological polar surface area (TPSA) is 171 Å². The molecular formula is C21H14BrN7O4S. The summed E-state index contributed by atoms with van der Waals surface area (Å²) in [4.78, 5) is 16.9. The predicted molar refractivity (Wildman–Crippen MR) is 129 cm³/mol. The third kappa shape index (κ3) is 3.96. The highest BCUT2D eigenvalue weighted by Crippen LogP contribution is 2.31. The molecule has 0 aliphatic heterocycles. The van der Waals surface area contributed by atoms with Crippen molar-refractivity contribution in [1.29, 1.82) is 0 Å². The van der Waals surface area contributed by atoms with E-state index in [1.807, 2.05) is 6.07 Å². The monoisotopic (exact) mass is 539 g/mol. The van der Waals surface area contributed by atoms with Gasteiger partial charge in [-0.25, -0.2) is 27.9 Å². The summed E-state index contributed by atoms with van der Waals surface area (Å²) in [5, 5.41) is 18.3. The van der Waals surface area contributed by atoms with Gasteiger partial charge in [0.15, 0.2) is 17.2 Å². The highest BCUT2D eigenvalue weighted by Gasteiger charge is 2.18. The summed E-state index contributed by atoms with van der Waals surface area (Å²) in [6, 6.07) is 14.2. The number of nitrogen functional groups attached to an aromatic ring is 1. The Morgan fingerprint density at radius 2 is 1.79 bits per heavy atom. The second-order valence-corrected chi connectivity index (χ2v) is 9.65. The summed E-state index contributed by atoms with van der Waals surface area (Å²) in [5.41, 5.74) is 7.46. The fourth-order valence-corrected chi connectivity index (χ4v) is 4.23. The number of sulfonamides is 1. The van der Waals surface area contributed by atoms with E-state index in [1.165, 1.54) is 35.0 Å². The molecule has 13 heteroatoms. The third-order valence-corrected chi connectivity index (χ3v) is 6.34. The second kappa shape index (κ2) is 8.13. The smallest absolute Gasteiger partial charge is 0.345 e. The van der Waals surface area contributed by atoms with E-state index in [4.69, 9.17) is 15.3 Å². The summed E-state index contributed by atoms with van der Waals surface area (Å²) in [6.07, 6.45) is 1.50. The first kappa shape index (κ1) is 21.9. The second-order valence-electron chi connectivity index (χ2n) is 7.17. The molecule has 0 bridgehead atoms. The zero-order chi connectivity index (χ0) is 24.0. The molecule has 4 N–H and O–H groups in total. The standard InChI is InChI=1S/C21H14BrN7O4S/c22-12-1-6-17-11(9-12)10-15(21(30)33-17)16-7-8-25-20-18(19(23)28-29(16)20)27-26-13-2-4-14(5-3-13)34(24,31)32/h1-10H,(H2,23,28)(H2,24,31,32). The van der Waals surface area contributed by atoms with E-state index < -0.39 is 15.6 Å². The summed E-state index contributed by atoms with van der Waals surface area (Å²) < 4.78 is 30.5. The van der Waals surface area contributed by atoms with Crippen LogP contribution in [0.3, 0.4) is 0 Å². The van der Waals surface area contributed by atoms with E-state index in [9.17, 15) is 13.2 Å². The average Bonchev–Trinajstić information content (AvgIpc) is 3.12. The van der Waals surface area contributed by atoms with E-state index >= 15 is 0 Å². The molecule has 0 saturated carbocycles. The van der Waals surface area contributed by atoms with Crippen LogP contribution in [0.1, 0.15) is 0 Å². The lowest BCUT2D eigenvalue weighted by molar-refractivity contribution is 0.562. The fourth-order valence-electron chi connectivity index (χ4n) is 3.33. The normalized spacial score (nSPS) is 12.2.